The van der Waals surface area contributed by atoms with Crippen LogP contribution in [-0.2, 0) is 4.79 Å². The molecule has 2 unspecified atom stereocenters. The minimum absolute atomic E-state index is 0.0199. The van der Waals surface area contributed by atoms with E-state index in [1.807, 2.05) is 6.07 Å². The quantitative estimate of drug-likeness (QED) is 0.300. The molecule has 1 aliphatic heterocycles. The molecule has 0 radical (unpaired) electrons. The number of hydrogen-bond acceptors (Lipinski definition) is 6. The van der Waals surface area contributed by atoms with Gasteiger partial charge in [-0.2, -0.15) is 5.10 Å². The zero-order valence-corrected chi connectivity index (χ0v) is 21.2. The molecule has 1 N–H and O–H groups in total. The van der Waals surface area contributed by atoms with Crippen LogP contribution in [0.2, 0.25) is 0 Å². The van der Waals surface area contributed by atoms with E-state index in [0.29, 0.717) is 5.75 Å². The number of aromatic nitrogens is 2. The van der Waals surface area contributed by atoms with Crippen LogP contribution in [0.25, 0.3) is 17.1 Å². The number of rotatable bonds is 5. The monoisotopic (exact) mass is 504 g/mol. The maximum Gasteiger partial charge on any atom is 0.253 e. The van der Waals surface area contributed by atoms with Crippen LogP contribution in [0, 0.1) is 12.8 Å². The van der Waals surface area contributed by atoms with E-state index >= 15 is 0 Å². The van der Waals surface area contributed by atoms with Crippen molar-refractivity contribution < 1.29 is 4.79 Å². The van der Waals surface area contributed by atoms with E-state index in [1.54, 1.807) is 27.7 Å². The van der Waals surface area contributed by atoms with Gasteiger partial charge < -0.3 is 4.98 Å². The van der Waals surface area contributed by atoms with Gasteiger partial charge in [-0.3, -0.25) is 4.79 Å². The molecule has 0 bridgehead atoms. The number of aryl methyl sites for hydroxylation is 1. The van der Waals surface area contributed by atoms with E-state index in [4.69, 9.17) is 5.10 Å². The third-order valence-corrected chi connectivity index (χ3v) is 9.02. The molecular formula is C26H24N4OS3. The molecule has 0 spiro atoms. The SMILES string of the molecule is Cc1ccc2nc(SCC(=O)N3N=C4/C(=C\c5cccs5)CCCC4C3c3cccs3)[nH]c2c1. The van der Waals surface area contributed by atoms with Crippen LogP contribution in [0.15, 0.2) is 69.1 Å². The summed E-state index contributed by atoms with van der Waals surface area (Å²) in [6.45, 7) is 2.06. The number of aromatic amines is 1. The van der Waals surface area contributed by atoms with Crippen molar-refractivity contribution in [1.82, 2.24) is 15.0 Å². The van der Waals surface area contributed by atoms with Crippen LogP contribution in [0.5, 0.6) is 0 Å². The van der Waals surface area contributed by atoms with E-state index in [1.165, 1.54) is 32.7 Å². The third-order valence-electron chi connectivity index (χ3n) is 6.40. The first-order chi connectivity index (χ1) is 16.7. The normalized spacial score (nSPS) is 21.3. The van der Waals surface area contributed by atoms with Crippen LogP contribution in [0.4, 0.5) is 0 Å². The Kier molecular flexibility index (Phi) is 5.89. The molecule has 2 atom stereocenters. The average Bonchev–Trinajstić information content (AvgIpc) is 3.63. The maximum atomic E-state index is 13.5. The Balaban J connectivity index is 1.27. The minimum Gasteiger partial charge on any atom is -0.333 e. The summed E-state index contributed by atoms with van der Waals surface area (Å²) in [6, 6.07) is 14.6. The van der Waals surface area contributed by atoms with Crippen LogP contribution in [-0.4, -0.2) is 32.3 Å². The van der Waals surface area contributed by atoms with Crippen molar-refractivity contribution in [2.75, 3.05) is 5.75 Å². The highest BCUT2D eigenvalue weighted by molar-refractivity contribution is 7.99. The van der Waals surface area contributed by atoms with Gasteiger partial charge in [-0.25, -0.2) is 9.99 Å². The second kappa shape index (κ2) is 9.17. The molecule has 3 aromatic heterocycles. The molecule has 8 heteroatoms. The van der Waals surface area contributed by atoms with Gasteiger partial charge in [-0.15, -0.1) is 22.7 Å². The topological polar surface area (TPSA) is 61.4 Å². The maximum absolute atomic E-state index is 13.5. The van der Waals surface area contributed by atoms with Gasteiger partial charge in [0.2, 0.25) is 0 Å². The predicted octanol–water partition coefficient (Wildman–Crippen LogP) is 6.91. The van der Waals surface area contributed by atoms with Gasteiger partial charge in [0.15, 0.2) is 5.16 Å². The number of imidazole rings is 1. The number of nitrogens with zero attached hydrogens (tertiary/aromatic N) is 3. The third kappa shape index (κ3) is 4.15. The molecule has 4 aromatic rings. The lowest BCUT2D eigenvalue weighted by molar-refractivity contribution is -0.130. The Morgan fingerprint density at radius 3 is 2.94 bits per heavy atom. The van der Waals surface area contributed by atoms with Gasteiger partial charge in [-0.05, 0) is 78.4 Å². The Hall–Kier alpha value is -2.68. The minimum atomic E-state index is -0.0199. The first-order valence-electron chi connectivity index (χ1n) is 11.4. The van der Waals surface area contributed by atoms with Crippen molar-refractivity contribution >= 4 is 63.2 Å². The van der Waals surface area contributed by atoms with Crippen LogP contribution in [0.1, 0.15) is 40.6 Å². The number of H-pyrrole nitrogens is 1. The van der Waals surface area contributed by atoms with E-state index in [0.717, 1.165) is 41.2 Å². The zero-order valence-electron chi connectivity index (χ0n) is 18.7. The van der Waals surface area contributed by atoms with Gasteiger partial charge >= 0.3 is 0 Å². The molecule has 4 heterocycles. The van der Waals surface area contributed by atoms with Crippen molar-refractivity contribution in [3.05, 3.63) is 74.1 Å². The fourth-order valence-corrected chi connectivity index (χ4v) is 7.15. The standard InChI is InChI=1S/C26H24N4OS3/c1-16-9-10-20-21(13-16)28-26(27-20)34-15-23(31)30-25(22-8-4-12-33-22)19-7-2-5-17(24(19)29-30)14-18-6-3-11-32-18/h3-4,6,8-14,19,25H,2,5,7,15H2,1H3,(H,27,28)/b17-14-. The molecule has 2 aliphatic rings. The van der Waals surface area contributed by atoms with Crippen molar-refractivity contribution in [3.8, 4) is 0 Å². The van der Waals surface area contributed by atoms with Gasteiger partial charge in [0.05, 0.1) is 28.5 Å². The molecule has 172 valence electrons. The summed E-state index contributed by atoms with van der Waals surface area (Å²) in [5.74, 6) is 0.577. The first-order valence-corrected chi connectivity index (χ1v) is 14.2. The molecule has 1 aromatic carbocycles. The van der Waals surface area contributed by atoms with E-state index in [2.05, 4.69) is 70.1 Å². The number of thioether (sulfide) groups is 1. The van der Waals surface area contributed by atoms with Crippen molar-refractivity contribution in [2.45, 2.75) is 37.4 Å². The van der Waals surface area contributed by atoms with E-state index in [-0.39, 0.29) is 17.9 Å². The summed E-state index contributed by atoms with van der Waals surface area (Å²) in [6.07, 6.45) is 5.46. The number of benzene rings is 1. The van der Waals surface area contributed by atoms with Crippen LogP contribution < -0.4 is 0 Å². The number of thiophene rings is 2. The lowest BCUT2D eigenvalue weighted by Crippen LogP contribution is -2.32. The highest BCUT2D eigenvalue weighted by atomic mass is 32.2. The van der Waals surface area contributed by atoms with Gasteiger partial charge in [0, 0.05) is 15.7 Å². The molecule has 1 amide bonds. The lowest BCUT2D eigenvalue weighted by atomic mass is 9.79. The highest BCUT2D eigenvalue weighted by Crippen LogP contribution is 2.46. The summed E-state index contributed by atoms with van der Waals surface area (Å²) >= 11 is 4.90. The number of allylic oxidation sites excluding steroid dienone is 1. The van der Waals surface area contributed by atoms with Crippen LogP contribution in [0.3, 0.4) is 0 Å². The average molecular weight is 505 g/mol. The van der Waals surface area contributed by atoms with Gasteiger partial charge in [-0.1, -0.05) is 30.0 Å². The number of fused-ring (bicyclic) bond motifs is 2. The molecule has 1 saturated carbocycles. The second-order valence-corrected chi connectivity index (χ2v) is 11.6. The summed E-state index contributed by atoms with van der Waals surface area (Å²) in [5.41, 5.74) is 5.48. The number of carbonyl (C=O) groups excluding carboxylic acids is 1. The molecule has 1 aliphatic carbocycles. The highest BCUT2D eigenvalue weighted by Gasteiger charge is 2.44. The largest absolute Gasteiger partial charge is 0.333 e. The molecule has 34 heavy (non-hydrogen) atoms. The summed E-state index contributed by atoms with van der Waals surface area (Å²) in [7, 11) is 0. The van der Waals surface area contributed by atoms with Gasteiger partial charge in [0.1, 0.15) is 0 Å². The van der Waals surface area contributed by atoms with Crippen LogP contribution >= 0.6 is 34.4 Å². The Morgan fingerprint density at radius 2 is 2.12 bits per heavy atom. The molecule has 5 nitrogen and oxygen atoms in total. The lowest BCUT2D eigenvalue weighted by Gasteiger charge is -2.28. The Labute approximate surface area is 210 Å². The van der Waals surface area contributed by atoms with Crippen molar-refractivity contribution in [2.24, 2.45) is 11.0 Å². The number of hydrazone groups is 1. The Bertz CT molecular complexity index is 1380. The fraction of sp³-hybridized carbons (Fsp3) is 0.269. The van der Waals surface area contributed by atoms with Crippen molar-refractivity contribution in [1.29, 1.82) is 0 Å². The summed E-state index contributed by atoms with van der Waals surface area (Å²) < 4.78 is 0. The summed E-state index contributed by atoms with van der Waals surface area (Å²) in [5, 5.41) is 11.7. The molecular weight excluding hydrogens is 481 g/mol. The number of carbonyl (C=O) groups is 1. The van der Waals surface area contributed by atoms with E-state index in [9.17, 15) is 4.79 Å². The van der Waals surface area contributed by atoms with Crippen molar-refractivity contribution in [3.63, 3.8) is 0 Å². The first kappa shape index (κ1) is 21.8. The molecule has 1 fully saturated rings. The Morgan fingerprint density at radius 1 is 1.24 bits per heavy atom. The molecule has 0 saturated heterocycles. The zero-order chi connectivity index (χ0) is 23.1. The number of nitrogens with one attached hydrogen (secondary N) is 1. The number of amides is 1. The smallest absolute Gasteiger partial charge is 0.253 e. The molecule has 6 rings (SSSR count). The second-order valence-electron chi connectivity index (χ2n) is 8.72. The van der Waals surface area contributed by atoms with Gasteiger partial charge in [0.25, 0.3) is 5.91 Å². The summed E-state index contributed by atoms with van der Waals surface area (Å²) in [4.78, 5) is 23.9. The van der Waals surface area contributed by atoms with E-state index < -0.39 is 0 Å². The predicted molar refractivity (Wildman–Crippen MR) is 143 cm³/mol. The fourth-order valence-electron chi connectivity index (χ4n) is 4.85. The number of hydrogen-bond donors (Lipinski definition) is 1.